The summed E-state index contributed by atoms with van der Waals surface area (Å²) in [5.74, 6) is -1.86. The fourth-order valence-corrected chi connectivity index (χ4v) is 4.04. The number of allylic oxidation sites excluding steroid dienone is 1. The number of alkyl halides is 3. The molecule has 1 radical (unpaired) electrons. The summed E-state index contributed by atoms with van der Waals surface area (Å²) in [4.78, 5) is 8.78. The monoisotopic (exact) mass is 465 g/mol. The van der Waals surface area contributed by atoms with E-state index in [1.807, 2.05) is 0 Å². The van der Waals surface area contributed by atoms with Crippen LogP contribution in [0, 0.1) is 6.92 Å². The van der Waals surface area contributed by atoms with E-state index in [0.29, 0.717) is 0 Å². The van der Waals surface area contributed by atoms with E-state index in [9.17, 15) is 13.2 Å². The molecular weight excluding hydrogens is 449 g/mol. The number of rotatable bonds is 2. The van der Waals surface area contributed by atoms with Gasteiger partial charge in [-0.1, -0.05) is 0 Å². The number of aliphatic carboxylic acids is 1. The zero-order chi connectivity index (χ0) is 18.4. The van der Waals surface area contributed by atoms with Crippen LogP contribution in [-0.2, 0) is 4.79 Å². The van der Waals surface area contributed by atoms with Crippen LogP contribution < -0.4 is 5.11 Å². The van der Waals surface area contributed by atoms with Gasteiger partial charge in [0.25, 0.3) is 0 Å². The third kappa shape index (κ3) is 5.73. The van der Waals surface area contributed by atoms with Crippen molar-refractivity contribution in [3.63, 3.8) is 0 Å². The molecule has 0 fully saturated rings. The molecule has 25 heavy (non-hydrogen) atoms. The van der Waals surface area contributed by atoms with Gasteiger partial charge in [-0.05, 0) is 0 Å². The second-order valence-corrected chi connectivity index (χ2v) is 7.39. The molecule has 0 unspecified atom stereocenters. The van der Waals surface area contributed by atoms with Gasteiger partial charge in [0, 0.05) is 0 Å². The van der Waals surface area contributed by atoms with Crippen LogP contribution in [0.4, 0.5) is 13.2 Å². The van der Waals surface area contributed by atoms with E-state index in [2.05, 4.69) is 67.6 Å². The summed E-state index contributed by atoms with van der Waals surface area (Å²) in [6.07, 6.45) is -2.94. The van der Waals surface area contributed by atoms with E-state index < -0.39 is 33.0 Å². The molecule has 7 heteroatoms. The van der Waals surface area contributed by atoms with Crippen molar-refractivity contribution < 1.29 is 26.2 Å². The second kappa shape index (κ2) is 8.32. The van der Waals surface area contributed by atoms with E-state index >= 15 is 0 Å². The summed E-state index contributed by atoms with van der Waals surface area (Å²) < 4.78 is 37.7. The average Bonchev–Trinajstić information content (AvgIpc) is 3.06. The summed E-state index contributed by atoms with van der Waals surface area (Å²) in [6.45, 7) is 2.11. The maximum Gasteiger partial charge on any atom is 0.430 e. The molecule has 2 aromatic rings. The molecule has 0 aromatic heterocycles. The molecule has 1 aliphatic rings. The minimum absolute atomic E-state index is 0.411. The van der Waals surface area contributed by atoms with Crippen molar-refractivity contribution in [2.45, 2.75) is 13.1 Å². The van der Waals surface area contributed by atoms with Crippen LogP contribution in [0.3, 0.4) is 0 Å². The SMILES string of the molecule is Cc1ccc(C2=CC(c3ccccc3)=[Te][OH+]2)cc1.O=C([O-])C(F)(F)F. The Morgan fingerprint density at radius 1 is 1.00 bits per heavy atom. The third-order valence-electron chi connectivity index (χ3n) is 3.15. The van der Waals surface area contributed by atoms with Crippen molar-refractivity contribution in [1.82, 2.24) is 0 Å². The zero-order valence-corrected chi connectivity index (χ0v) is 15.4. The van der Waals surface area contributed by atoms with Gasteiger partial charge in [-0.2, -0.15) is 13.2 Å². The molecule has 3 rings (SSSR count). The summed E-state index contributed by atoms with van der Waals surface area (Å²) in [7, 11) is 0. The first-order chi connectivity index (χ1) is 11.8. The fourth-order valence-electron chi connectivity index (χ4n) is 1.87. The number of hydrogen-bond donors (Lipinski definition) is 0. The maximum atomic E-state index is 10.5. The van der Waals surface area contributed by atoms with E-state index in [4.69, 9.17) is 13.0 Å². The molecule has 0 aliphatic carbocycles. The average molecular weight is 463 g/mol. The van der Waals surface area contributed by atoms with Crippen molar-refractivity contribution in [3.05, 3.63) is 77.4 Å². The molecule has 1 aliphatic heterocycles. The van der Waals surface area contributed by atoms with Gasteiger partial charge >= 0.3 is 124 Å². The van der Waals surface area contributed by atoms with Crippen LogP contribution in [0.2, 0.25) is 0 Å². The van der Waals surface area contributed by atoms with Gasteiger partial charge in [-0.25, -0.2) is 0 Å². The Hall–Kier alpha value is -2.10. The summed E-state index contributed by atoms with van der Waals surface area (Å²) in [6, 6.07) is 19.2. The maximum absolute atomic E-state index is 10.5. The Balaban J connectivity index is 0.000000277. The van der Waals surface area contributed by atoms with Crippen LogP contribution in [0.25, 0.3) is 5.76 Å². The summed E-state index contributed by atoms with van der Waals surface area (Å²) in [5, 5.41) is 8.78. The van der Waals surface area contributed by atoms with Gasteiger partial charge in [0.2, 0.25) is 0 Å². The molecule has 0 saturated heterocycles. The number of carboxylic acid groups (broad SMARTS) is 1. The predicted octanol–water partition coefficient (Wildman–Crippen LogP) is 2.02. The Morgan fingerprint density at radius 3 is 2.08 bits per heavy atom. The summed E-state index contributed by atoms with van der Waals surface area (Å²) in [5.41, 5.74) is 3.85. The van der Waals surface area contributed by atoms with Gasteiger partial charge in [-0.3, -0.25) is 0 Å². The number of aryl methyl sites for hydroxylation is 1. The quantitative estimate of drug-likeness (QED) is 0.506. The van der Waals surface area contributed by atoms with Gasteiger partial charge in [-0.15, -0.1) is 0 Å². The number of carbonyl (C=O) groups excluding carboxylic acids is 1. The molecule has 1 N–H and O–H groups in total. The summed E-state index contributed by atoms with van der Waals surface area (Å²) >= 11 is -0.411. The number of halogens is 3. The topological polar surface area (TPSA) is 52.9 Å². The molecular formula is C18H14F3O3Te. The van der Waals surface area contributed by atoms with Gasteiger partial charge in [0.05, 0.1) is 0 Å². The number of aliphatic hydroxyl groups is 1. The van der Waals surface area contributed by atoms with Crippen LogP contribution >= 0.6 is 0 Å². The predicted molar refractivity (Wildman–Crippen MR) is 88.7 cm³/mol. The van der Waals surface area contributed by atoms with Crippen molar-refractivity contribution in [1.29, 1.82) is 0 Å². The smallest absolute Gasteiger partial charge is 0.430 e. The first kappa shape index (κ1) is 19.2. The molecule has 0 spiro atoms. The van der Waals surface area contributed by atoms with E-state index in [0.717, 1.165) is 5.76 Å². The second-order valence-electron chi connectivity index (χ2n) is 5.09. The Morgan fingerprint density at radius 2 is 1.56 bits per heavy atom. The standard InChI is InChI=1S/C16H14OTe.C2HF3O2/c1-12-7-9-13(10-8-12)15-11-16(18-17-15)14-5-3-2-4-6-14;3-2(4,5)1(6)7/h2-11,17H,1H3;(H,6,7)/q+1;/p-1. The number of hydrogen-bond acceptors (Lipinski definition) is 2. The van der Waals surface area contributed by atoms with E-state index in [-0.39, 0.29) is 0 Å². The zero-order valence-electron chi connectivity index (χ0n) is 13.1. The largest absolute Gasteiger partial charge is 0.542 e. The third-order valence-corrected chi connectivity index (χ3v) is 5.54. The minimum Gasteiger partial charge on any atom is -0.542 e. The van der Waals surface area contributed by atoms with Crippen LogP contribution in [0.5, 0.6) is 0 Å². The number of carboxylic acids is 1. The van der Waals surface area contributed by atoms with Crippen molar-refractivity contribution in [2.75, 3.05) is 0 Å². The van der Waals surface area contributed by atoms with Crippen molar-refractivity contribution in [3.8, 4) is 0 Å². The molecule has 0 saturated carbocycles. The normalized spacial score (nSPS) is 13.1. The Kier molecular flexibility index (Phi) is 6.40. The van der Waals surface area contributed by atoms with Crippen LogP contribution in [-0.4, -0.2) is 39.7 Å². The van der Waals surface area contributed by atoms with Gasteiger partial charge in [0.15, 0.2) is 0 Å². The van der Waals surface area contributed by atoms with Gasteiger partial charge < -0.3 is 9.90 Å². The number of benzene rings is 2. The molecule has 131 valence electrons. The van der Waals surface area contributed by atoms with E-state index in [1.165, 1.54) is 20.2 Å². The van der Waals surface area contributed by atoms with Crippen LogP contribution in [0.1, 0.15) is 16.7 Å². The van der Waals surface area contributed by atoms with Crippen molar-refractivity contribution in [2.24, 2.45) is 0 Å². The Bertz CT molecular complexity index is 795. The number of carbonyl (C=O) groups is 1. The van der Waals surface area contributed by atoms with Crippen LogP contribution in [0.15, 0.2) is 60.7 Å². The molecule has 3 nitrogen and oxygen atoms in total. The molecule has 1 heterocycles. The molecule has 2 aromatic carbocycles. The Labute approximate surface area is 152 Å². The van der Waals surface area contributed by atoms with Crippen molar-refractivity contribution >= 4 is 36.1 Å². The molecule has 0 bridgehead atoms. The van der Waals surface area contributed by atoms with E-state index in [1.54, 1.807) is 0 Å². The first-order valence-corrected chi connectivity index (χ1v) is 9.35. The minimum atomic E-state index is -5.19. The fraction of sp³-hybridized carbons (Fsp3) is 0.111. The van der Waals surface area contributed by atoms with Gasteiger partial charge in [0.1, 0.15) is 5.97 Å². The first-order valence-electron chi connectivity index (χ1n) is 7.14. The molecule has 0 atom stereocenters. The molecule has 0 amide bonds.